The second-order valence-corrected chi connectivity index (χ2v) is 7.98. The monoisotopic (exact) mass is 447 g/mol. The van der Waals surface area contributed by atoms with E-state index in [4.69, 9.17) is 19.2 Å². The van der Waals surface area contributed by atoms with E-state index in [1.165, 1.54) is 0 Å². The van der Waals surface area contributed by atoms with E-state index in [1.807, 2.05) is 69.6 Å². The molecular formula is C25H29FeNO3+2. The summed E-state index contributed by atoms with van der Waals surface area (Å²) >= 11 is 0. The fourth-order valence-electron chi connectivity index (χ4n) is 3.23. The number of nitrogens with zero attached hydrogens (tertiary/aromatic N) is 1. The Morgan fingerprint density at radius 3 is 1.87 bits per heavy atom. The van der Waals surface area contributed by atoms with Gasteiger partial charge in [-0.1, -0.05) is 26.8 Å². The summed E-state index contributed by atoms with van der Waals surface area (Å²) in [7, 11) is 3.33. The van der Waals surface area contributed by atoms with Crippen LogP contribution in [-0.4, -0.2) is 32.8 Å². The number of rotatable bonds is 4. The van der Waals surface area contributed by atoms with Crippen molar-refractivity contribution in [3.05, 3.63) is 87.0 Å². The number of hydrogen-bond acceptors (Lipinski definition) is 4. The van der Waals surface area contributed by atoms with Crippen LogP contribution in [0.4, 0.5) is 0 Å². The molecule has 3 aliphatic rings. The molecule has 0 N–H and O–H groups in total. The van der Waals surface area contributed by atoms with Crippen molar-refractivity contribution >= 4 is 5.90 Å². The molecule has 0 saturated heterocycles. The van der Waals surface area contributed by atoms with Crippen LogP contribution in [-0.2, 0) is 21.8 Å². The fraction of sp³-hybridized carbons (Fsp3) is 0.320. The molecule has 2 fully saturated rings. The summed E-state index contributed by atoms with van der Waals surface area (Å²) in [6.45, 7) is 7.17. The topological polar surface area (TPSA) is 40.0 Å². The minimum Gasteiger partial charge on any atom is -0.496 e. The van der Waals surface area contributed by atoms with Crippen LogP contribution in [0, 0.1) is 68.6 Å². The maximum Gasteiger partial charge on any atom is 2.00 e. The van der Waals surface area contributed by atoms with Gasteiger partial charge in [0, 0.05) is 11.5 Å². The minimum absolute atomic E-state index is 0. The van der Waals surface area contributed by atoms with Crippen LogP contribution < -0.4 is 9.47 Å². The molecule has 0 aromatic heterocycles. The second kappa shape index (κ2) is 11.4. The van der Waals surface area contributed by atoms with Gasteiger partial charge in [0.05, 0.1) is 26.2 Å². The Balaban J connectivity index is 0.000000468. The summed E-state index contributed by atoms with van der Waals surface area (Å²) in [5.41, 5.74) is 1.00. The van der Waals surface area contributed by atoms with Crippen molar-refractivity contribution in [2.24, 2.45) is 10.4 Å². The Bertz CT molecular complexity index is 664. The van der Waals surface area contributed by atoms with Gasteiger partial charge in [-0.2, -0.15) is 0 Å². The van der Waals surface area contributed by atoms with E-state index in [-0.39, 0.29) is 28.5 Å². The third-order valence-electron chi connectivity index (χ3n) is 4.95. The molecule has 10 radical (unpaired) electrons. The normalized spacial score (nSPS) is 21.9. The molecule has 4 nitrogen and oxygen atoms in total. The first-order valence-electron chi connectivity index (χ1n) is 9.80. The number of benzene rings is 1. The average molecular weight is 447 g/mol. The quantitative estimate of drug-likeness (QED) is 0.629. The van der Waals surface area contributed by atoms with Crippen LogP contribution in [0.5, 0.6) is 11.5 Å². The van der Waals surface area contributed by atoms with Gasteiger partial charge in [0.25, 0.3) is 0 Å². The number of methoxy groups -OCH3 is 2. The van der Waals surface area contributed by atoms with Crippen molar-refractivity contribution in [2.45, 2.75) is 26.8 Å². The van der Waals surface area contributed by atoms with Gasteiger partial charge in [-0.05, 0) is 68.9 Å². The summed E-state index contributed by atoms with van der Waals surface area (Å²) in [6, 6.07) is 5.95. The van der Waals surface area contributed by atoms with Crippen molar-refractivity contribution in [3.63, 3.8) is 0 Å². The molecule has 0 amide bonds. The molecule has 1 aromatic rings. The van der Waals surface area contributed by atoms with E-state index < -0.39 is 0 Å². The molecule has 4 rings (SSSR count). The average Bonchev–Trinajstić information content (AvgIpc) is 3.49. The Kier molecular flexibility index (Phi) is 9.56. The molecule has 1 heterocycles. The second-order valence-electron chi connectivity index (χ2n) is 7.98. The zero-order valence-corrected chi connectivity index (χ0v) is 19.3. The van der Waals surface area contributed by atoms with Crippen molar-refractivity contribution in [1.82, 2.24) is 0 Å². The predicted molar refractivity (Wildman–Crippen MR) is 116 cm³/mol. The molecule has 1 aliphatic heterocycles. The zero-order valence-electron chi connectivity index (χ0n) is 18.2. The van der Waals surface area contributed by atoms with Crippen molar-refractivity contribution in [3.8, 4) is 11.5 Å². The van der Waals surface area contributed by atoms with Crippen molar-refractivity contribution in [1.29, 1.82) is 0 Å². The van der Waals surface area contributed by atoms with Gasteiger partial charge in [-0.3, -0.25) is 0 Å². The van der Waals surface area contributed by atoms with Crippen LogP contribution in [0.2, 0.25) is 0 Å². The van der Waals surface area contributed by atoms with E-state index in [1.54, 1.807) is 14.2 Å². The number of hydrogen-bond donors (Lipinski definition) is 0. The Hall–Kier alpha value is -1.19. The summed E-state index contributed by atoms with van der Waals surface area (Å²) in [5, 5.41) is 0. The maximum absolute atomic E-state index is 5.91. The van der Waals surface area contributed by atoms with E-state index in [0.29, 0.717) is 12.5 Å². The Morgan fingerprint density at radius 2 is 1.40 bits per heavy atom. The molecule has 5 heteroatoms. The number of aliphatic imine (C=N–C) groups is 1. The van der Waals surface area contributed by atoms with E-state index in [2.05, 4.69) is 20.8 Å². The number of ether oxygens (including phenoxy) is 3. The van der Waals surface area contributed by atoms with Gasteiger partial charge in [0.1, 0.15) is 18.1 Å². The molecule has 30 heavy (non-hydrogen) atoms. The minimum atomic E-state index is 0. The first-order chi connectivity index (χ1) is 14.0. The molecular weight excluding hydrogens is 418 g/mol. The van der Waals surface area contributed by atoms with E-state index in [9.17, 15) is 0 Å². The van der Waals surface area contributed by atoms with E-state index >= 15 is 0 Å². The molecule has 158 valence electrons. The first-order valence-corrected chi connectivity index (χ1v) is 9.80. The summed E-state index contributed by atoms with van der Waals surface area (Å²) in [4.78, 5) is 4.81. The third kappa shape index (κ3) is 5.94. The summed E-state index contributed by atoms with van der Waals surface area (Å²) < 4.78 is 17.0. The molecule has 2 aliphatic carbocycles. The Morgan fingerprint density at radius 1 is 0.867 bits per heavy atom. The van der Waals surface area contributed by atoms with Crippen LogP contribution in [0.3, 0.4) is 0 Å². The molecule has 2 saturated carbocycles. The summed E-state index contributed by atoms with van der Waals surface area (Å²) in [6.07, 6.45) is 16.1. The third-order valence-corrected chi connectivity index (χ3v) is 4.95. The van der Waals surface area contributed by atoms with Gasteiger partial charge < -0.3 is 14.2 Å². The maximum atomic E-state index is 5.91. The van der Waals surface area contributed by atoms with E-state index in [0.717, 1.165) is 28.9 Å². The molecule has 0 unspecified atom stereocenters. The van der Waals surface area contributed by atoms with Gasteiger partial charge in [-0.25, -0.2) is 4.99 Å². The van der Waals surface area contributed by atoms with Gasteiger partial charge in [-0.15, -0.1) is 0 Å². The van der Waals surface area contributed by atoms with Gasteiger partial charge in [0.15, 0.2) is 5.90 Å². The molecule has 1 aromatic carbocycles. The first kappa shape index (κ1) is 25.1. The van der Waals surface area contributed by atoms with Crippen LogP contribution >= 0.6 is 0 Å². The van der Waals surface area contributed by atoms with Crippen LogP contribution in [0.25, 0.3) is 0 Å². The van der Waals surface area contributed by atoms with Gasteiger partial charge >= 0.3 is 17.1 Å². The Labute approximate surface area is 193 Å². The van der Waals surface area contributed by atoms with Crippen molar-refractivity contribution in [2.75, 3.05) is 20.8 Å². The smallest absolute Gasteiger partial charge is 0.496 e. The molecule has 0 bridgehead atoms. The standard InChI is InChI=1S/C20H24NO3.C5H5.Fe/c1-20(2,3)17-12-24-19(21-17)14-9-6-8-13(14)18-15(22-4)10-7-11-16(18)23-5;1-2-4-5-3-1;/h6-11,17H,12H2,1-5H3;1-5H;/q;;+2/t17-;;/m1../s1. The molecule has 1 atom stereocenters. The van der Waals surface area contributed by atoms with Crippen LogP contribution in [0.15, 0.2) is 23.2 Å². The van der Waals surface area contributed by atoms with Crippen LogP contribution in [0.1, 0.15) is 26.3 Å². The fourth-order valence-corrected chi connectivity index (χ4v) is 3.23. The largest absolute Gasteiger partial charge is 2.00 e. The van der Waals surface area contributed by atoms with Gasteiger partial charge in [0.2, 0.25) is 0 Å². The predicted octanol–water partition coefficient (Wildman–Crippen LogP) is 4.69. The van der Waals surface area contributed by atoms with Crippen molar-refractivity contribution < 1.29 is 31.3 Å². The molecule has 0 spiro atoms. The summed E-state index contributed by atoms with van der Waals surface area (Å²) in [5.74, 6) is 4.23. The zero-order chi connectivity index (χ0) is 20.9. The SMILES string of the molecule is COc1cccc(OC)c1[C]1[CH][CH][CH][C]1C1=N[C@@H](C(C)(C)C)CO1.[CH]1[CH][CH][CH][CH]1.[Fe+2].